The van der Waals surface area contributed by atoms with E-state index in [1.807, 2.05) is 54.6 Å². The highest BCUT2D eigenvalue weighted by Gasteiger charge is 2.18. The van der Waals surface area contributed by atoms with Gasteiger partial charge in [-0.05, 0) is 36.8 Å². The molecule has 1 heterocycles. The van der Waals surface area contributed by atoms with Crippen molar-refractivity contribution in [3.63, 3.8) is 0 Å². The Morgan fingerprint density at radius 1 is 1.00 bits per heavy atom. The van der Waals surface area contributed by atoms with Crippen LogP contribution in [0.4, 0.5) is 4.79 Å². The number of nitrogens with zero attached hydrogens (tertiary/aromatic N) is 2. The van der Waals surface area contributed by atoms with Gasteiger partial charge >= 0.3 is 6.09 Å². The van der Waals surface area contributed by atoms with Gasteiger partial charge in [-0.2, -0.15) is 5.10 Å². The molecule has 0 spiro atoms. The number of amides is 2. The number of rotatable bonds is 9. The van der Waals surface area contributed by atoms with Crippen LogP contribution in [-0.2, 0) is 11.3 Å². The number of carbonyl (C=O) groups excluding carboxylic acids is 2. The summed E-state index contributed by atoms with van der Waals surface area (Å²) in [7, 11) is 1.60. The van der Waals surface area contributed by atoms with E-state index in [0.717, 1.165) is 16.9 Å². The molecule has 8 heteroatoms. The predicted molar refractivity (Wildman–Crippen MR) is 117 cm³/mol. The zero-order valence-corrected chi connectivity index (χ0v) is 17.6. The van der Waals surface area contributed by atoms with Crippen LogP contribution in [0.3, 0.4) is 0 Å². The van der Waals surface area contributed by atoms with Gasteiger partial charge in [0.25, 0.3) is 5.91 Å². The minimum atomic E-state index is -0.508. The molecule has 3 aromatic rings. The highest BCUT2D eigenvalue weighted by molar-refractivity contribution is 5.99. The van der Waals surface area contributed by atoms with Crippen molar-refractivity contribution in [2.45, 2.75) is 13.5 Å². The first-order valence-corrected chi connectivity index (χ1v) is 10.0. The first kappa shape index (κ1) is 21.9. The van der Waals surface area contributed by atoms with E-state index in [9.17, 15) is 9.59 Å². The Labute approximate surface area is 181 Å². The number of hydrogen-bond donors (Lipinski definition) is 2. The Morgan fingerprint density at radius 2 is 1.71 bits per heavy atom. The van der Waals surface area contributed by atoms with Gasteiger partial charge in [-0.25, -0.2) is 4.79 Å². The van der Waals surface area contributed by atoms with Crippen LogP contribution in [0.1, 0.15) is 22.8 Å². The molecule has 162 valence electrons. The van der Waals surface area contributed by atoms with E-state index < -0.39 is 6.09 Å². The first-order chi connectivity index (χ1) is 15.1. The summed E-state index contributed by atoms with van der Waals surface area (Å²) in [5, 5.41) is 10.1. The summed E-state index contributed by atoms with van der Waals surface area (Å²) >= 11 is 0. The van der Waals surface area contributed by atoms with Crippen molar-refractivity contribution in [2.75, 3.05) is 26.8 Å². The molecule has 0 aliphatic carbocycles. The molecule has 0 radical (unpaired) electrons. The molecular weight excluding hydrogens is 396 g/mol. The Balaban J connectivity index is 1.77. The second-order valence-electron chi connectivity index (χ2n) is 6.71. The molecule has 2 N–H and O–H groups in total. The van der Waals surface area contributed by atoms with Crippen LogP contribution in [0.2, 0.25) is 0 Å². The number of carbonyl (C=O) groups is 2. The van der Waals surface area contributed by atoms with E-state index in [1.54, 1.807) is 24.9 Å². The van der Waals surface area contributed by atoms with Crippen LogP contribution in [0.15, 0.2) is 60.8 Å². The highest BCUT2D eigenvalue weighted by Crippen LogP contribution is 2.25. The number of nitrogens with one attached hydrogen (secondary N) is 2. The Hall–Kier alpha value is -3.81. The summed E-state index contributed by atoms with van der Waals surface area (Å²) in [6.07, 6.45) is 1.23. The summed E-state index contributed by atoms with van der Waals surface area (Å²) in [5.74, 6) is 0.458. The molecule has 0 bridgehead atoms. The number of methoxy groups -OCH3 is 1. The third-order valence-electron chi connectivity index (χ3n) is 4.51. The fourth-order valence-electron chi connectivity index (χ4n) is 3.02. The topological polar surface area (TPSA) is 94.5 Å². The quantitative estimate of drug-likeness (QED) is 0.517. The molecule has 1 aromatic heterocycles. The van der Waals surface area contributed by atoms with Gasteiger partial charge in [0.2, 0.25) is 0 Å². The molecule has 0 aliphatic heterocycles. The second kappa shape index (κ2) is 10.8. The lowest BCUT2D eigenvalue weighted by Crippen LogP contribution is -2.35. The summed E-state index contributed by atoms with van der Waals surface area (Å²) in [6.45, 7) is 3.10. The van der Waals surface area contributed by atoms with Gasteiger partial charge in [0.05, 0.1) is 25.8 Å². The zero-order chi connectivity index (χ0) is 22.1. The number of benzene rings is 2. The summed E-state index contributed by atoms with van der Waals surface area (Å²) in [4.78, 5) is 24.2. The van der Waals surface area contributed by atoms with Crippen LogP contribution in [0, 0.1) is 0 Å². The number of hydrogen-bond acceptors (Lipinski definition) is 5. The van der Waals surface area contributed by atoms with Gasteiger partial charge in [-0.1, -0.05) is 30.3 Å². The molecule has 31 heavy (non-hydrogen) atoms. The lowest BCUT2D eigenvalue weighted by molar-refractivity contribution is 0.0952. The van der Waals surface area contributed by atoms with Crippen molar-refractivity contribution in [1.82, 2.24) is 20.4 Å². The van der Waals surface area contributed by atoms with Gasteiger partial charge < -0.3 is 20.1 Å². The smallest absolute Gasteiger partial charge is 0.407 e. The summed E-state index contributed by atoms with van der Waals surface area (Å²) in [5.41, 5.74) is 2.92. The van der Waals surface area contributed by atoms with Gasteiger partial charge in [0, 0.05) is 24.8 Å². The average Bonchev–Trinajstić information content (AvgIpc) is 3.21. The average molecular weight is 422 g/mol. The number of alkyl carbamates (subject to hydrolysis) is 1. The third-order valence-corrected chi connectivity index (χ3v) is 4.51. The monoisotopic (exact) mass is 422 g/mol. The minimum Gasteiger partial charge on any atom is -0.497 e. The van der Waals surface area contributed by atoms with Crippen molar-refractivity contribution in [3.8, 4) is 17.0 Å². The number of ether oxygens (including phenoxy) is 2. The summed E-state index contributed by atoms with van der Waals surface area (Å²) in [6, 6.07) is 17.3. The van der Waals surface area contributed by atoms with Crippen molar-refractivity contribution in [3.05, 3.63) is 71.9 Å². The van der Waals surface area contributed by atoms with Crippen LogP contribution < -0.4 is 15.4 Å². The van der Waals surface area contributed by atoms with E-state index in [4.69, 9.17) is 9.47 Å². The molecule has 0 fully saturated rings. The van der Waals surface area contributed by atoms with Gasteiger partial charge in [0.15, 0.2) is 0 Å². The van der Waals surface area contributed by atoms with E-state index in [0.29, 0.717) is 24.4 Å². The maximum atomic E-state index is 12.9. The molecule has 0 unspecified atom stereocenters. The molecule has 2 amide bonds. The van der Waals surface area contributed by atoms with E-state index in [-0.39, 0.29) is 19.0 Å². The normalized spacial score (nSPS) is 10.4. The second-order valence-corrected chi connectivity index (χ2v) is 6.71. The molecule has 8 nitrogen and oxygen atoms in total. The fraction of sp³-hybridized carbons (Fsp3) is 0.261. The zero-order valence-electron chi connectivity index (χ0n) is 17.6. The third kappa shape index (κ3) is 6.08. The standard InChI is InChI=1S/C23H26N4O4/c1-3-31-23(29)25-14-13-24-22(28)20-16-27(15-17-7-5-4-6-8-17)26-21(20)18-9-11-19(30-2)12-10-18/h4-12,16H,3,13-15H2,1-2H3,(H,24,28)(H,25,29). The van der Waals surface area contributed by atoms with Gasteiger partial charge in [-0.3, -0.25) is 9.48 Å². The lowest BCUT2D eigenvalue weighted by atomic mass is 10.1. The molecular formula is C23H26N4O4. The van der Waals surface area contributed by atoms with Crippen LogP contribution in [0.5, 0.6) is 5.75 Å². The van der Waals surface area contributed by atoms with Gasteiger partial charge in [-0.15, -0.1) is 0 Å². The Bertz CT molecular complexity index is 1000. The molecule has 0 saturated heterocycles. The van der Waals surface area contributed by atoms with E-state index in [1.165, 1.54) is 0 Å². The van der Waals surface area contributed by atoms with Crippen molar-refractivity contribution in [2.24, 2.45) is 0 Å². The lowest BCUT2D eigenvalue weighted by Gasteiger charge is -2.07. The SMILES string of the molecule is CCOC(=O)NCCNC(=O)c1cn(Cc2ccccc2)nc1-c1ccc(OC)cc1. The van der Waals surface area contributed by atoms with Gasteiger partial charge in [0.1, 0.15) is 11.4 Å². The Morgan fingerprint density at radius 3 is 2.39 bits per heavy atom. The van der Waals surface area contributed by atoms with Crippen molar-refractivity contribution in [1.29, 1.82) is 0 Å². The number of aromatic nitrogens is 2. The fourth-order valence-corrected chi connectivity index (χ4v) is 3.02. The Kier molecular flexibility index (Phi) is 7.64. The van der Waals surface area contributed by atoms with Crippen LogP contribution in [0.25, 0.3) is 11.3 Å². The molecule has 0 atom stereocenters. The maximum absolute atomic E-state index is 12.9. The minimum absolute atomic E-state index is 0.264. The predicted octanol–water partition coefficient (Wildman–Crippen LogP) is 3.08. The van der Waals surface area contributed by atoms with E-state index in [2.05, 4.69) is 15.7 Å². The van der Waals surface area contributed by atoms with Crippen LogP contribution >= 0.6 is 0 Å². The van der Waals surface area contributed by atoms with Crippen molar-refractivity contribution < 1.29 is 19.1 Å². The molecule has 3 rings (SSSR count). The molecule has 0 aliphatic rings. The highest BCUT2D eigenvalue weighted by atomic mass is 16.5. The molecule has 2 aromatic carbocycles. The largest absolute Gasteiger partial charge is 0.497 e. The van der Waals surface area contributed by atoms with Crippen molar-refractivity contribution >= 4 is 12.0 Å². The first-order valence-electron chi connectivity index (χ1n) is 10.0. The van der Waals surface area contributed by atoms with E-state index >= 15 is 0 Å². The summed E-state index contributed by atoms with van der Waals surface area (Å²) < 4.78 is 11.8. The molecule has 0 saturated carbocycles. The maximum Gasteiger partial charge on any atom is 0.407 e. The van der Waals surface area contributed by atoms with Crippen LogP contribution in [-0.4, -0.2) is 48.6 Å².